The van der Waals surface area contributed by atoms with Crippen LogP contribution in [0.1, 0.15) is 44.6 Å². The highest BCUT2D eigenvalue weighted by molar-refractivity contribution is 7.88. The van der Waals surface area contributed by atoms with Crippen molar-refractivity contribution in [3.05, 3.63) is 41.3 Å². The lowest BCUT2D eigenvalue weighted by Crippen LogP contribution is -1.86. The average molecular weight is 250 g/mol. The molecular weight excluding hydrogens is 228 g/mol. The summed E-state index contributed by atoms with van der Waals surface area (Å²) in [5, 5.41) is 1.82. The second-order valence-corrected chi connectivity index (χ2v) is 5.67. The van der Waals surface area contributed by atoms with Crippen LogP contribution in [0.3, 0.4) is 0 Å². The van der Waals surface area contributed by atoms with Crippen LogP contribution in [0.2, 0.25) is 0 Å². The van der Waals surface area contributed by atoms with Crippen molar-refractivity contribution in [2.45, 2.75) is 50.8 Å². The molecule has 0 fully saturated rings. The monoisotopic (exact) mass is 250 g/mol. The van der Waals surface area contributed by atoms with Crippen molar-refractivity contribution in [2.24, 2.45) is 0 Å². The molecule has 0 spiro atoms. The van der Waals surface area contributed by atoms with Crippen LogP contribution in [-0.4, -0.2) is 4.21 Å². The number of allylic oxidation sites excluding steroid dienone is 1. The number of rotatable bonds is 7. The van der Waals surface area contributed by atoms with E-state index in [1.807, 2.05) is 42.7 Å². The molecule has 0 saturated carbocycles. The van der Waals surface area contributed by atoms with E-state index in [-0.39, 0.29) is 0 Å². The van der Waals surface area contributed by atoms with Gasteiger partial charge >= 0.3 is 0 Å². The Kier molecular flexibility index (Phi) is 6.87. The first-order valence-electron chi connectivity index (χ1n) is 6.38. The summed E-state index contributed by atoms with van der Waals surface area (Å²) in [6.07, 6.45) is 8.13. The Hall–Kier alpha value is -0.890. The minimum Gasteiger partial charge on any atom is -0.250 e. The Morgan fingerprint density at radius 2 is 1.82 bits per heavy atom. The Morgan fingerprint density at radius 1 is 1.12 bits per heavy atom. The molecule has 0 aromatic heterocycles. The van der Waals surface area contributed by atoms with Gasteiger partial charge in [-0.3, -0.25) is 0 Å². The van der Waals surface area contributed by atoms with E-state index in [4.69, 9.17) is 0 Å². The van der Waals surface area contributed by atoms with Crippen molar-refractivity contribution in [3.63, 3.8) is 0 Å². The Morgan fingerprint density at radius 3 is 2.47 bits per heavy atom. The summed E-state index contributed by atoms with van der Waals surface area (Å²) in [6.45, 7) is 4.25. The smallest absolute Gasteiger partial charge is 0.0772 e. The molecule has 1 atom stereocenters. The van der Waals surface area contributed by atoms with E-state index in [1.54, 1.807) is 0 Å². The van der Waals surface area contributed by atoms with Crippen molar-refractivity contribution < 1.29 is 4.21 Å². The normalized spacial score (nSPS) is 13.1. The molecule has 1 aromatic rings. The lowest BCUT2D eigenvalue weighted by molar-refractivity contribution is 0.674. The van der Waals surface area contributed by atoms with E-state index in [2.05, 4.69) is 6.92 Å². The van der Waals surface area contributed by atoms with Gasteiger partial charge in [0.2, 0.25) is 0 Å². The minimum atomic E-state index is -0.979. The van der Waals surface area contributed by atoms with Gasteiger partial charge in [0.05, 0.1) is 10.8 Å². The summed E-state index contributed by atoms with van der Waals surface area (Å²) < 4.78 is 11.9. The molecule has 17 heavy (non-hydrogen) atoms. The van der Waals surface area contributed by atoms with Crippen LogP contribution in [-0.2, 0) is 10.8 Å². The molecule has 1 rings (SSSR count). The van der Waals surface area contributed by atoms with E-state index in [0.29, 0.717) is 0 Å². The fraction of sp³-hybridized carbons (Fsp3) is 0.467. The van der Waals surface area contributed by atoms with Crippen LogP contribution in [0.4, 0.5) is 0 Å². The highest BCUT2D eigenvalue weighted by Crippen LogP contribution is 2.10. The van der Waals surface area contributed by atoms with Gasteiger partial charge in [-0.2, -0.15) is 0 Å². The molecule has 0 saturated heterocycles. The van der Waals surface area contributed by atoms with E-state index < -0.39 is 10.8 Å². The predicted octanol–water partition coefficient (Wildman–Crippen LogP) is 4.59. The summed E-state index contributed by atoms with van der Waals surface area (Å²) in [5.74, 6) is 0. The summed E-state index contributed by atoms with van der Waals surface area (Å²) in [7, 11) is -0.979. The van der Waals surface area contributed by atoms with Gasteiger partial charge in [-0.05, 0) is 31.9 Å². The molecule has 0 aliphatic heterocycles. The highest BCUT2D eigenvalue weighted by Gasteiger charge is 1.97. The quantitative estimate of drug-likeness (QED) is 0.647. The van der Waals surface area contributed by atoms with E-state index in [0.717, 1.165) is 11.3 Å². The van der Waals surface area contributed by atoms with Crippen molar-refractivity contribution in [3.8, 4) is 0 Å². The Labute approximate surface area is 107 Å². The number of hydrogen-bond acceptors (Lipinski definition) is 1. The van der Waals surface area contributed by atoms with Gasteiger partial charge < -0.3 is 0 Å². The largest absolute Gasteiger partial charge is 0.250 e. The maximum Gasteiger partial charge on any atom is 0.0772 e. The summed E-state index contributed by atoms with van der Waals surface area (Å²) in [4.78, 5) is 0.889. The first-order chi connectivity index (χ1) is 8.24. The molecule has 2 heteroatoms. The van der Waals surface area contributed by atoms with Crippen LogP contribution < -0.4 is 0 Å². The van der Waals surface area contributed by atoms with Crippen LogP contribution in [0.5, 0.6) is 0 Å². The lowest BCUT2D eigenvalue weighted by atomic mass is 10.2. The number of unbranched alkanes of at least 4 members (excludes halogenated alkanes) is 4. The van der Waals surface area contributed by atoms with Gasteiger partial charge in [-0.25, -0.2) is 4.21 Å². The molecular formula is C15H22OS. The van der Waals surface area contributed by atoms with Crippen molar-refractivity contribution in [2.75, 3.05) is 0 Å². The van der Waals surface area contributed by atoms with Crippen LogP contribution in [0, 0.1) is 6.92 Å². The summed E-state index contributed by atoms with van der Waals surface area (Å²) in [5.41, 5.74) is 1.20. The standard InChI is InChI=1S/C15H22OS/c1-3-4-5-6-7-8-13-17(16)15-11-9-14(2)10-12-15/h8-13H,3-7H2,1-2H3/b13-8-/t17-/m1/s1. The number of benzene rings is 1. The third-order valence-electron chi connectivity index (χ3n) is 2.70. The first-order valence-corrected chi connectivity index (χ1v) is 7.59. The van der Waals surface area contributed by atoms with Crippen molar-refractivity contribution in [1.82, 2.24) is 0 Å². The third kappa shape index (κ3) is 5.83. The van der Waals surface area contributed by atoms with Gasteiger partial charge in [0.25, 0.3) is 0 Å². The molecule has 0 unspecified atom stereocenters. The second kappa shape index (κ2) is 8.24. The van der Waals surface area contributed by atoms with E-state index in [9.17, 15) is 4.21 Å². The van der Waals surface area contributed by atoms with Crippen molar-refractivity contribution >= 4 is 10.8 Å². The van der Waals surface area contributed by atoms with E-state index in [1.165, 1.54) is 31.2 Å². The van der Waals surface area contributed by atoms with E-state index >= 15 is 0 Å². The fourth-order valence-corrected chi connectivity index (χ4v) is 2.47. The molecule has 0 radical (unpaired) electrons. The second-order valence-electron chi connectivity index (χ2n) is 4.33. The maximum absolute atomic E-state index is 11.9. The van der Waals surface area contributed by atoms with Gasteiger partial charge in [0.15, 0.2) is 0 Å². The van der Waals surface area contributed by atoms with Crippen LogP contribution in [0.15, 0.2) is 40.6 Å². The highest BCUT2D eigenvalue weighted by atomic mass is 32.2. The minimum absolute atomic E-state index is 0.889. The molecule has 0 heterocycles. The zero-order valence-electron chi connectivity index (χ0n) is 10.8. The van der Waals surface area contributed by atoms with Crippen LogP contribution >= 0.6 is 0 Å². The van der Waals surface area contributed by atoms with Gasteiger partial charge in [0.1, 0.15) is 0 Å². The Balaban J connectivity index is 2.33. The molecule has 1 aromatic carbocycles. The molecule has 94 valence electrons. The average Bonchev–Trinajstić information content (AvgIpc) is 2.34. The number of hydrogen-bond donors (Lipinski definition) is 0. The van der Waals surface area contributed by atoms with Gasteiger partial charge in [0, 0.05) is 10.3 Å². The topological polar surface area (TPSA) is 17.1 Å². The van der Waals surface area contributed by atoms with Gasteiger partial charge in [-0.1, -0.05) is 50.0 Å². The first kappa shape index (κ1) is 14.2. The summed E-state index contributed by atoms with van der Waals surface area (Å²) in [6, 6.07) is 7.88. The molecule has 0 bridgehead atoms. The SMILES string of the molecule is CCCCCC/C=C\[S@@](=O)c1ccc(C)cc1. The fourth-order valence-electron chi connectivity index (χ4n) is 1.60. The van der Waals surface area contributed by atoms with Crippen LogP contribution in [0.25, 0.3) is 0 Å². The zero-order valence-corrected chi connectivity index (χ0v) is 11.6. The molecule has 0 aliphatic carbocycles. The van der Waals surface area contributed by atoms with Crippen molar-refractivity contribution in [1.29, 1.82) is 0 Å². The summed E-state index contributed by atoms with van der Waals surface area (Å²) >= 11 is 0. The Bertz CT molecular complexity index is 365. The predicted molar refractivity (Wildman–Crippen MR) is 75.5 cm³/mol. The maximum atomic E-state index is 11.9. The molecule has 0 amide bonds. The molecule has 0 N–H and O–H groups in total. The molecule has 1 nitrogen and oxygen atoms in total. The lowest BCUT2D eigenvalue weighted by Gasteiger charge is -1.98. The third-order valence-corrected chi connectivity index (χ3v) is 3.87. The molecule has 0 aliphatic rings. The zero-order chi connectivity index (χ0) is 12.5. The van der Waals surface area contributed by atoms with Gasteiger partial charge in [-0.15, -0.1) is 0 Å². The number of aryl methyl sites for hydroxylation is 1.